The predicted molar refractivity (Wildman–Crippen MR) is 92.4 cm³/mol. The van der Waals surface area contributed by atoms with Crippen LogP contribution in [0.3, 0.4) is 0 Å². The topological polar surface area (TPSA) is 82.3 Å². The van der Waals surface area contributed by atoms with E-state index in [9.17, 15) is 0 Å². The van der Waals surface area contributed by atoms with Gasteiger partial charge in [-0.1, -0.05) is 6.92 Å². The van der Waals surface area contributed by atoms with E-state index in [2.05, 4.69) is 37.3 Å². The van der Waals surface area contributed by atoms with Gasteiger partial charge in [-0.25, -0.2) is 4.98 Å². The Balaban J connectivity index is 1.58. The second kappa shape index (κ2) is 7.54. The van der Waals surface area contributed by atoms with Crippen molar-refractivity contribution >= 4 is 17.7 Å². The van der Waals surface area contributed by atoms with Crippen LogP contribution in [0, 0.1) is 0 Å². The summed E-state index contributed by atoms with van der Waals surface area (Å²) in [6.45, 7) is 4.85. The van der Waals surface area contributed by atoms with Crippen LogP contribution in [0.4, 0.5) is 0 Å². The minimum Gasteiger partial charge on any atom is -0.461 e. The summed E-state index contributed by atoms with van der Waals surface area (Å²) in [6.07, 6.45) is 2.80. The maximum absolute atomic E-state index is 5.30. The molecule has 0 saturated carbocycles. The van der Waals surface area contributed by atoms with Crippen LogP contribution in [0.25, 0.3) is 11.6 Å². The molecule has 23 heavy (non-hydrogen) atoms. The highest BCUT2D eigenvalue weighted by Crippen LogP contribution is 2.21. The number of aliphatic imine (C=N–C) groups is 1. The predicted octanol–water partition coefficient (Wildman–Crippen LogP) is 1.97. The molecule has 0 spiro atoms. The lowest BCUT2D eigenvalue weighted by molar-refractivity contribution is 0.407. The Bertz CT molecular complexity index is 638. The van der Waals surface area contributed by atoms with E-state index in [1.54, 1.807) is 6.26 Å². The molecule has 0 aliphatic carbocycles. The lowest BCUT2D eigenvalue weighted by atomic mass is 10.3. The average molecular weight is 334 g/mol. The molecule has 1 saturated heterocycles. The Labute approximate surface area is 140 Å². The van der Waals surface area contributed by atoms with E-state index in [0.717, 1.165) is 30.6 Å². The first-order valence-corrected chi connectivity index (χ1v) is 8.87. The van der Waals surface area contributed by atoms with Gasteiger partial charge < -0.3 is 14.6 Å². The van der Waals surface area contributed by atoms with Gasteiger partial charge in [-0.2, -0.15) is 11.8 Å². The molecule has 1 fully saturated rings. The average Bonchev–Trinajstić information content (AvgIpc) is 3.27. The molecule has 8 heteroatoms. The molecule has 0 radical (unpaired) electrons. The van der Waals surface area contributed by atoms with E-state index in [0.29, 0.717) is 23.4 Å². The van der Waals surface area contributed by atoms with Crippen molar-refractivity contribution in [3.63, 3.8) is 0 Å². The number of aromatic nitrogens is 3. The number of H-pyrrole nitrogens is 1. The molecule has 0 bridgehead atoms. The molecule has 1 unspecified atom stereocenters. The molecule has 1 aliphatic heterocycles. The van der Waals surface area contributed by atoms with Crippen LogP contribution >= 0.6 is 11.8 Å². The summed E-state index contributed by atoms with van der Waals surface area (Å²) < 4.78 is 5.30. The van der Waals surface area contributed by atoms with Gasteiger partial charge in [0, 0.05) is 31.1 Å². The van der Waals surface area contributed by atoms with Crippen LogP contribution in [0.2, 0.25) is 0 Å². The third-order valence-electron chi connectivity index (χ3n) is 3.79. The highest BCUT2D eigenvalue weighted by atomic mass is 32.2. The maximum atomic E-state index is 5.30. The summed E-state index contributed by atoms with van der Waals surface area (Å²) in [6, 6.07) is 3.67. The van der Waals surface area contributed by atoms with Gasteiger partial charge in [0.1, 0.15) is 5.82 Å². The van der Waals surface area contributed by atoms with E-state index in [1.807, 2.05) is 30.9 Å². The summed E-state index contributed by atoms with van der Waals surface area (Å²) in [5.41, 5.74) is 0. The van der Waals surface area contributed by atoms with Gasteiger partial charge in [-0.3, -0.25) is 10.1 Å². The molecule has 7 nitrogen and oxygen atoms in total. The van der Waals surface area contributed by atoms with Crippen molar-refractivity contribution in [2.75, 3.05) is 25.9 Å². The standard InChI is InChI=1S/C15H22N6OS/c1-3-11-10-21(6-8-23-11)15(16-2)17-9-13-18-14(20-19-13)12-5-4-7-22-12/h4-5,7,11H,3,6,8-10H2,1-2H3,(H,16,17)(H,18,19,20). The molecule has 3 rings (SSSR count). The molecule has 124 valence electrons. The molecule has 2 N–H and O–H groups in total. The highest BCUT2D eigenvalue weighted by molar-refractivity contribution is 8.00. The Morgan fingerprint density at radius 2 is 2.52 bits per heavy atom. The lowest BCUT2D eigenvalue weighted by Gasteiger charge is -2.34. The van der Waals surface area contributed by atoms with Crippen molar-refractivity contribution in [1.82, 2.24) is 25.4 Å². The molecule has 2 aromatic heterocycles. The first kappa shape index (κ1) is 15.9. The zero-order valence-corrected chi connectivity index (χ0v) is 14.3. The van der Waals surface area contributed by atoms with Crippen molar-refractivity contribution in [3.05, 3.63) is 24.2 Å². The van der Waals surface area contributed by atoms with Crippen molar-refractivity contribution in [1.29, 1.82) is 0 Å². The van der Waals surface area contributed by atoms with Crippen molar-refractivity contribution in [2.45, 2.75) is 25.1 Å². The first-order chi connectivity index (χ1) is 11.3. The zero-order chi connectivity index (χ0) is 16.1. The molecule has 1 atom stereocenters. The van der Waals surface area contributed by atoms with E-state index >= 15 is 0 Å². The van der Waals surface area contributed by atoms with Crippen LogP contribution in [0.1, 0.15) is 19.2 Å². The zero-order valence-electron chi connectivity index (χ0n) is 13.5. The van der Waals surface area contributed by atoms with Crippen LogP contribution in [0.15, 0.2) is 27.8 Å². The van der Waals surface area contributed by atoms with Gasteiger partial charge in [0.25, 0.3) is 0 Å². The summed E-state index contributed by atoms with van der Waals surface area (Å²) in [7, 11) is 1.82. The third-order valence-corrected chi connectivity index (χ3v) is 5.16. The minimum atomic E-state index is 0.556. The Morgan fingerprint density at radius 3 is 3.26 bits per heavy atom. The smallest absolute Gasteiger partial charge is 0.216 e. The van der Waals surface area contributed by atoms with Gasteiger partial charge in [0.2, 0.25) is 5.82 Å². The second-order valence-electron chi connectivity index (χ2n) is 5.33. The van der Waals surface area contributed by atoms with Gasteiger partial charge in [0.05, 0.1) is 12.8 Å². The monoisotopic (exact) mass is 334 g/mol. The number of nitrogens with zero attached hydrogens (tertiary/aromatic N) is 4. The van der Waals surface area contributed by atoms with E-state index < -0.39 is 0 Å². The number of rotatable bonds is 4. The van der Waals surface area contributed by atoms with Gasteiger partial charge in [-0.05, 0) is 18.6 Å². The lowest BCUT2D eigenvalue weighted by Crippen LogP contribution is -2.47. The maximum Gasteiger partial charge on any atom is 0.216 e. The number of guanidine groups is 1. The summed E-state index contributed by atoms with van der Waals surface area (Å²) in [5.74, 6) is 4.05. The first-order valence-electron chi connectivity index (χ1n) is 7.82. The van der Waals surface area contributed by atoms with Crippen LogP contribution in [-0.4, -0.2) is 57.2 Å². The molecule has 0 amide bonds. The quantitative estimate of drug-likeness (QED) is 0.657. The van der Waals surface area contributed by atoms with Gasteiger partial charge in [0.15, 0.2) is 11.7 Å². The van der Waals surface area contributed by atoms with Crippen LogP contribution < -0.4 is 5.32 Å². The van der Waals surface area contributed by atoms with Crippen molar-refractivity contribution in [3.8, 4) is 11.6 Å². The Hall–Kier alpha value is -1.96. The summed E-state index contributed by atoms with van der Waals surface area (Å²) in [5, 5.41) is 11.1. The fourth-order valence-electron chi connectivity index (χ4n) is 2.54. The summed E-state index contributed by atoms with van der Waals surface area (Å²) in [4.78, 5) is 11.1. The van der Waals surface area contributed by atoms with Crippen molar-refractivity contribution < 1.29 is 4.42 Å². The molecule has 0 aromatic carbocycles. The Morgan fingerprint density at radius 1 is 1.61 bits per heavy atom. The Kier molecular flexibility index (Phi) is 5.22. The van der Waals surface area contributed by atoms with E-state index in [-0.39, 0.29) is 0 Å². The molecular weight excluding hydrogens is 312 g/mol. The van der Waals surface area contributed by atoms with Gasteiger partial charge >= 0.3 is 0 Å². The fraction of sp³-hybridized carbons (Fsp3) is 0.533. The molecular formula is C15H22N6OS. The number of hydrogen-bond acceptors (Lipinski definition) is 5. The number of hydrogen-bond donors (Lipinski definition) is 2. The third kappa shape index (κ3) is 3.87. The highest BCUT2D eigenvalue weighted by Gasteiger charge is 2.21. The van der Waals surface area contributed by atoms with E-state index in [1.165, 1.54) is 6.42 Å². The molecule has 2 aromatic rings. The normalized spacial score (nSPS) is 19.1. The number of nitrogens with one attached hydrogen (secondary N) is 2. The van der Waals surface area contributed by atoms with Crippen LogP contribution in [0.5, 0.6) is 0 Å². The fourth-order valence-corrected chi connectivity index (χ4v) is 3.72. The van der Waals surface area contributed by atoms with E-state index in [4.69, 9.17) is 4.42 Å². The number of furan rings is 1. The van der Waals surface area contributed by atoms with Crippen LogP contribution in [-0.2, 0) is 6.54 Å². The molecule has 3 heterocycles. The van der Waals surface area contributed by atoms with Crippen molar-refractivity contribution in [2.24, 2.45) is 4.99 Å². The minimum absolute atomic E-state index is 0.556. The van der Waals surface area contributed by atoms with Gasteiger partial charge in [-0.15, -0.1) is 5.10 Å². The number of aromatic amines is 1. The number of thioether (sulfide) groups is 1. The SMILES string of the molecule is CCC1CN(C(=NC)NCc2nc(-c3ccco3)n[nH]2)CCS1. The second-order valence-corrected chi connectivity index (χ2v) is 6.74. The largest absolute Gasteiger partial charge is 0.461 e. The summed E-state index contributed by atoms with van der Waals surface area (Å²) >= 11 is 2.05. The molecule has 1 aliphatic rings.